The van der Waals surface area contributed by atoms with Crippen molar-refractivity contribution in [1.29, 1.82) is 0 Å². The van der Waals surface area contributed by atoms with Crippen LogP contribution in [-0.4, -0.2) is 35.3 Å². The van der Waals surface area contributed by atoms with Gasteiger partial charge in [-0.05, 0) is 40.1 Å². The minimum atomic E-state index is 1.02. The van der Waals surface area contributed by atoms with Crippen molar-refractivity contribution in [1.82, 2.24) is 14.7 Å². The van der Waals surface area contributed by atoms with E-state index in [2.05, 4.69) is 24.1 Å². The molecule has 0 spiro atoms. The van der Waals surface area contributed by atoms with E-state index in [-0.39, 0.29) is 0 Å². The molecule has 0 aliphatic heterocycles. The van der Waals surface area contributed by atoms with E-state index >= 15 is 0 Å². The Bertz CT molecular complexity index is 227. The largest absolute Gasteiger partial charge is 0.309 e. The van der Waals surface area contributed by atoms with Gasteiger partial charge in [0.1, 0.15) is 0 Å². The van der Waals surface area contributed by atoms with Crippen LogP contribution in [0.1, 0.15) is 12.1 Å². The zero-order valence-corrected chi connectivity index (χ0v) is 8.12. The van der Waals surface area contributed by atoms with E-state index in [1.807, 2.05) is 23.9 Å². The van der Waals surface area contributed by atoms with Gasteiger partial charge in [-0.25, -0.2) is 0 Å². The van der Waals surface area contributed by atoms with Gasteiger partial charge in [-0.15, -0.1) is 0 Å². The van der Waals surface area contributed by atoms with Crippen LogP contribution >= 0.6 is 0 Å². The number of rotatable bonds is 4. The molecule has 0 bridgehead atoms. The molecule has 3 nitrogen and oxygen atoms in total. The van der Waals surface area contributed by atoms with Gasteiger partial charge in [0.05, 0.1) is 5.69 Å². The monoisotopic (exact) mass is 167 g/mol. The molecule has 0 N–H and O–H groups in total. The molecule has 3 heteroatoms. The summed E-state index contributed by atoms with van der Waals surface area (Å²) in [7, 11) is 4.18. The first-order valence-corrected chi connectivity index (χ1v) is 4.33. The maximum atomic E-state index is 4.31. The summed E-state index contributed by atoms with van der Waals surface area (Å²) in [6.45, 7) is 4.16. The Labute approximate surface area is 74.0 Å². The summed E-state index contributed by atoms with van der Waals surface area (Å²) in [5.74, 6) is 0. The first kappa shape index (κ1) is 9.26. The van der Waals surface area contributed by atoms with E-state index in [0.717, 1.165) is 25.2 Å². The summed E-state index contributed by atoms with van der Waals surface area (Å²) < 4.78 is 2.00. The molecule has 0 aliphatic rings. The van der Waals surface area contributed by atoms with Crippen molar-refractivity contribution in [3.05, 3.63) is 18.0 Å². The predicted octanol–water partition coefficient (Wildman–Crippen LogP) is 1.14. The van der Waals surface area contributed by atoms with Crippen molar-refractivity contribution in [2.24, 2.45) is 0 Å². The van der Waals surface area contributed by atoms with Gasteiger partial charge in [0.15, 0.2) is 0 Å². The third kappa shape index (κ3) is 3.05. The molecule has 12 heavy (non-hydrogen) atoms. The summed E-state index contributed by atoms with van der Waals surface area (Å²) in [6.07, 6.45) is 3.19. The number of nitrogens with zero attached hydrogens (tertiary/aromatic N) is 3. The summed E-state index contributed by atoms with van der Waals surface area (Å²) in [5.41, 5.74) is 1.10. The van der Waals surface area contributed by atoms with Gasteiger partial charge in [0.2, 0.25) is 0 Å². The maximum absolute atomic E-state index is 4.31. The second-order valence-electron chi connectivity index (χ2n) is 3.38. The number of hydrogen-bond donors (Lipinski definition) is 0. The van der Waals surface area contributed by atoms with Gasteiger partial charge in [-0.1, -0.05) is 0 Å². The predicted molar refractivity (Wildman–Crippen MR) is 50.1 cm³/mol. The molecule has 0 amide bonds. The molecule has 68 valence electrons. The Balaban J connectivity index is 2.24. The third-order valence-electron chi connectivity index (χ3n) is 1.77. The van der Waals surface area contributed by atoms with Crippen LogP contribution in [0.5, 0.6) is 0 Å². The van der Waals surface area contributed by atoms with E-state index in [4.69, 9.17) is 0 Å². The Hall–Kier alpha value is -0.830. The topological polar surface area (TPSA) is 21.1 Å². The molecule has 1 rings (SSSR count). The van der Waals surface area contributed by atoms with Crippen LogP contribution in [0.25, 0.3) is 0 Å². The minimum Gasteiger partial charge on any atom is -0.309 e. The Morgan fingerprint density at radius 2 is 2.25 bits per heavy atom. The number of hydrogen-bond acceptors (Lipinski definition) is 2. The van der Waals surface area contributed by atoms with Crippen molar-refractivity contribution in [3.8, 4) is 0 Å². The first-order valence-electron chi connectivity index (χ1n) is 4.33. The lowest BCUT2D eigenvalue weighted by molar-refractivity contribution is 0.380. The molecular weight excluding hydrogens is 150 g/mol. The highest BCUT2D eigenvalue weighted by Crippen LogP contribution is 1.94. The molecule has 0 aliphatic carbocycles. The molecule has 1 aromatic rings. The molecule has 0 fully saturated rings. The fourth-order valence-corrected chi connectivity index (χ4v) is 1.14. The summed E-state index contributed by atoms with van der Waals surface area (Å²) in [4.78, 5) is 2.19. The summed E-state index contributed by atoms with van der Waals surface area (Å²) in [6, 6.07) is 2.04. The van der Waals surface area contributed by atoms with Crippen LogP contribution in [0, 0.1) is 6.92 Å². The van der Waals surface area contributed by atoms with E-state index in [9.17, 15) is 0 Å². The average Bonchev–Trinajstić information content (AvgIpc) is 2.35. The van der Waals surface area contributed by atoms with E-state index in [0.29, 0.717) is 0 Å². The molecule has 0 atom stereocenters. The highest BCUT2D eigenvalue weighted by Gasteiger charge is 1.94. The van der Waals surface area contributed by atoms with E-state index in [1.165, 1.54) is 0 Å². The smallest absolute Gasteiger partial charge is 0.0593 e. The van der Waals surface area contributed by atoms with Gasteiger partial charge in [-0.3, -0.25) is 4.68 Å². The molecular formula is C9H17N3. The Morgan fingerprint density at radius 1 is 1.50 bits per heavy atom. The second kappa shape index (κ2) is 4.26. The van der Waals surface area contributed by atoms with E-state index < -0.39 is 0 Å². The molecule has 0 aromatic carbocycles. The van der Waals surface area contributed by atoms with Gasteiger partial charge in [0.25, 0.3) is 0 Å². The second-order valence-corrected chi connectivity index (χ2v) is 3.38. The number of aromatic nitrogens is 2. The zero-order chi connectivity index (χ0) is 8.97. The van der Waals surface area contributed by atoms with E-state index in [1.54, 1.807) is 0 Å². The van der Waals surface area contributed by atoms with Gasteiger partial charge >= 0.3 is 0 Å². The summed E-state index contributed by atoms with van der Waals surface area (Å²) >= 11 is 0. The third-order valence-corrected chi connectivity index (χ3v) is 1.77. The van der Waals surface area contributed by atoms with Crippen molar-refractivity contribution in [2.75, 3.05) is 20.6 Å². The molecule has 0 radical (unpaired) electrons. The summed E-state index contributed by atoms with van der Waals surface area (Å²) in [5, 5.41) is 4.31. The molecule has 0 unspecified atom stereocenters. The van der Waals surface area contributed by atoms with Crippen LogP contribution in [0.2, 0.25) is 0 Å². The average molecular weight is 167 g/mol. The Kier molecular flexibility index (Phi) is 3.29. The van der Waals surface area contributed by atoms with Crippen LogP contribution < -0.4 is 0 Å². The van der Waals surface area contributed by atoms with Crippen molar-refractivity contribution in [3.63, 3.8) is 0 Å². The van der Waals surface area contributed by atoms with Crippen LogP contribution in [-0.2, 0) is 6.54 Å². The van der Waals surface area contributed by atoms with Crippen LogP contribution in [0.3, 0.4) is 0 Å². The standard InChI is InChI=1S/C9H17N3/c1-9-5-8-12(10-9)7-4-6-11(2)3/h5,8H,4,6-7H2,1-3H3. The van der Waals surface area contributed by atoms with Crippen molar-refractivity contribution < 1.29 is 0 Å². The van der Waals surface area contributed by atoms with Gasteiger partial charge < -0.3 is 4.90 Å². The molecule has 1 heterocycles. The van der Waals surface area contributed by atoms with Gasteiger partial charge in [-0.2, -0.15) is 5.10 Å². The number of aryl methyl sites for hydroxylation is 2. The highest BCUT2D eigenvalue weighted by molar-refractivity contribution is 4.94. The zero-order valence-electron chi connectivity index (χ0n) is 8.12. The maximum Gasteiger partial charge on any atom is 0.0593 e. The van der Waals surface area contributed by atoms with Crippen molar-refractivity contribution >= 4 is 0 Å². The lowest BCUT2D eigenvalue weighted by Gasteiger charge is -2.08. The Morgan fingerprint density at radius 3 is 2.75 bits per heavy atom. The molecule has 0 saturated heterocycles. The van der Waals surface area contributed by atoms with Crippen LogP contribution in [0.4, 0.5) is 0 Å². The van der Waals surface area contributed by atoms with Gasteiger partial charge in [0, 0.05) is 12.7 Å². The lowest BCUT2D eigenvalue weighted by Crippen LogP contribution is -2.15. The highest BCUT2D eigenvalue weighted by atomic mass is 15.3. The molecule has 0 saturated carbocycles. The SMILES string of the molecule is Cc1ccn(CCCN(C)C)n1. The van der Waals surface area contributed by atoms with Crippen molar-refractivity contribution in [2.45, 2.75) is 19.9 Å². The lowest BCUT2D eigenvalue weighted by atomic mass is 10.4. The first-order chi connectivity index (χ1) is 5.68. The minimum absolute atomic E-state index is 1.02. The molecule has 1 aromatic heterocycles. The fraction of sp³-hybridized carbons (Fsp3) is 0.667. The normalized spacial score (nSPS) is 11.0. The quantitative estimate of drug-likeness (QED) is 0.670. The van der Waals surface area contributed by atoms with Crippen LogP contribution in [0.15, 0.2) is 12.3 Å². The fourth-order valence-electron chi connectivity index (χ4n) is 1.14.